The third kappa shape index (κ3) is 2.88. The van der Waals surface area contributed by atoms with Gasteiger partial charge in [-0.3, -0.25) is 4.79 Å². The number of allylic oxidation sites excluding steroid dienone is 2. The fourth-order valence-electron chi connectivity index (χ4n) is 7.24. The Hall–Kier alpha value is -1.74. The van der Waals surface area contributed by atoms with E-state index in [-0.39, 0.29) is 28.5 Å². The van der Waals surface area contributed by atoms with Crippen molar-refractivity contribution < 1.29 is 14.3 Å². The van der Waals surface area contributed by atoms with Crippen molar-refractivity contribution in [2.45, 2.75) is 64.9 Å². The first-order valence-electron chi connectivity index (χ1n) is 11.2. The van der Waals surface area contributed by atoms with Crippen molar-refractivity contribution in [3.05, 3.63) is 52.9 Å². The molecular formula is C26H31FO2. The lowest BCUT2D eigenvalue weighted by Gasteiger charge is -2.56. The van der Waals surface area contributed by atoms with Gasteiger partial charge in [0, 0.05) is 5.41 Å². The lowest BCUT2D eigenvalue weighted by atomic mass is 9.48. The molecule has 0 spiro atoms. The molecule has 0 amide bonds. The molecule has 1 aromatic rings. The Bertz CT molecular complexity index is 915. The van der Waals surface area contributed by atoms with Crippen molar-refractivity contribution in [2.24, 2.45) is 28.6 Å². The molecule has 0 heterocycles. The molecule has 0 unspecified atom stereocenters. The van der Waals surface area contributed by atoms with Crippen LogP contribution in [-0.4, -0.2) is 17.0 Å². The standard InChI is InChI=1S/C26H31FO2/c1-25-10-8-20(28)15-18(25)6-7-21-22(25)9-11-26(2)23(21)14-17(24(26)29)12-16-4-3-5-19(27)13-16/h3-6,12-13,20-23,28H,7-11,14-15H2,1-2H3/b17-12+/t20-,21-,22+,23-,25-,26-/m0/s1. The lowest BCUT2D eigenvalue weighted by Crippen LogP contribution is -2.50. The van der Waals surface area contributed by atoms with Crippen LogP contribution in [-0.2, 0) is 4.79 Å². The van der Waals surface area contributed by atoms with Crippen molar-refractivity contribution in [3.63, 3.8) is 0 Å². The summed E-state index contributed by atoms with van der Waals surface area (Å²) in [5, 5.41) is 10.2. The molecule has 1 aromatic carbocycles. The zero-order valence-electron chi connectivity index (χ0n) is 17.5. The van der Waals surface area contributed by atoms with Crippen LogP contribution in [0, 0.1) is 34.4 Å². The summed E-state index contributed by atoms with van der Waals surface area (Å²) in [5.74, 6) is 1.53. The van der Waals surface area contributed by atoms with Crippen LogP contribution >= 0.6 is 0 Å². The smallest absolute Gasteiger partial charge is 0.165 e. The third-order valence-corrected chi connectivity index (χ3v) is 8.91. The number of hydrogen-bond donors (Lipinski definition) is 1. The van der Waals surface area contributed by atoms with Gasteiger partial charge in [-0.15, -0.1) is 0 Å². The van der Waals surface area contributed by atoms with Crippen molar-refractivity contribution in [1.82, 2.24) is 0 Å². The topological polar surface area (TPSA) is 37.3 Å². The van der Waals surface area contributed by atoms with Gasteiger partial charge in [-0.25, -0.2) is 4.39 Å². The van der Waals surface area contributed by atoms with Crippen LogP contribution < -0.4 is 0 Å². The van der Waals surface area contributed by atoms with Gasteiger partial charge in [0.25, 0.3) is 0 Å². The molecule has 3 fully saturated rings. The summed E-state index contributed by atoms with van der Waals surface area (Å²) in [7, 11) is 0. The zero-order chi connectivity index (χ0) is 20.4. The number of carbonyl (C=O) groups excluding carboxylic acids is 1. The SMILES string of the molecule is C[C@]12CC[C@H](O)CC1=CC[C@H]1[C@H]2CC[C@]2(C)C(=O)/C(=C/c3cccc(F)c3)C[C@@H]12. The molecule has 6 atom stereocenters. The van der Waals surface area contributed by atoms with Crippen LogP contribution in [0.3, 0.4) is 0 Å². The van der Waals surface area contributed by atoms with E-state index in [4.69, 9.17) is 0 Å². The van der Waals surface area contributed by atoms with Crippen molar-refractivity contribution in [2.75, 3.05) is 0 Å². The first kappa shape index (κ1) is 19.2. The Morgan fingerprint density at radius 3 is 2.69 bits per heavy atom. The number of Topliss-reactive ketones (excluding diaryl/α,β-unsaturated/α-hetero) is 1. The van der Waals surface area contributed by atoms with Gasteiger partial charge in [-0.2, -0.15) is 0 Å². The van der Waals surface area contributed by atoms with E-state index in [1.54, 1.807) is 6.07 Å². The Labute approximate surface area is 172 Å². The maximum Gasteiger partial charge on any atom is 0.165 e. The fourth-order valence-corrected chi connectivity index (χ4v) is 7.24. The molecule has 1 N–H and O–H groups in total. The van der Waals surface area contributed by atoms with E-state index < -0.39 is 0 Å². The van der Waals surface area contributed by atoms with Crippen LogP contribution in [0.25, 0.3) is 6.08 Å². The molecule has 29 heavy (non-hydrogen) atoms. The Kier molecular flexibility index (Phi) is 4.40. The highest BCUT2D eigenvalue weighted by Gasteiger charge is 2.59. The van der Waals surface area contributed by atoms with Crippen molar-refractivity contribution >= 4 is 11.9 Å². The third-order valence-electron chi connectivity index (χ3n) is 8.91. The number of ketones is 1. The molecule has 4 aliphatic rings. The zero-order valence-corrected chi connectivity index (χ0v) is 17.5. The van der Waals surface area contributed by atoms with Gasteiger partial charge in [0.2, 0.25) is 0 Å². The van der Waals surface area contributed by atoms with Gasteiger partial charge in [-0.1, -0.05) is 37.6 Å². The van der Waals surface area contributed by atoms with E-state index >= 15 is 0 Å². The minimum absolute atomic E-state index is 0.182. The summed E-state index contributed by atoms with van der Waals surface area (Å²) in [6.45, 7) is 4.58. The molecule has 0 aliphatic heterocycles. The average molecular weight is 395 g/mol. The van der Waals surface area contributed by atoms with Gasteiger partial charge in [0.1, 0.15) is 5.82 Å². The highest BCUT2D eigenvalue weighted by atomic mass is 19.1. The second-order valence-electron chi connectivity index (χ2n) is 10.4. The minimum atomic E-state index is -0.282. The van der Waals surface area contributed by atoms with E-state index in [1.807, 2.05) is 12.1 Å². The number of fused-ring (bicyclic) bond motifs is 5. The van der Waals surface area contributed by atoms with Crippen molar-refractivity contribution in [3.8, 4) is 0 Å². The number of benzene rings is 1. The van der Waals surface area contributed by atoms with Crippen LogP contribution in [0.2, 0.25) is 0 Å². The van der Waals surface area contributed by atoms with Crippen molar-refractivity contribution in [1.29, 1.82) is 0 Å². The highest BCUT2D eigenvalue weighted by Crippen LogP contribution is 2.64. The van der Waals surface area contributed by atoms with Gasteiger partial charge in [0.05, 0.1) is 6.10 Å². The largest absolute Gasteiger partial charge is 0.393 e. The minimum Gasteiger partial charge on any atom is -0.393 e. The maximum atomic E-state index is 13.6. The molecule has 3 saturated carbocycles. The predicted molar refractivity (Wildman–Crippen MR) is 112 cm³/mol. The highest BCUT2D eigenvalue weighted by molar-refractivity contribution is 6.05. The van der Waals surface area contributed by atoms with E-state index in [1.165, 1.54) is 17.7 Å². The normalized spacial score (nSPS) is 42.8. The van der Waals surface area contributed by atoms with Gasteiger partial charge in [0.15, 0.2) is 5.78 Å². The van der Waals surface area contributed by atoms with Crippen LogP contribution in [0.15, 0.2) is 41.5 Å². The summed E-state index contributed by atoms with van der Waals surface area (Å²) in [4.78, 5) is 13.4. The van der Waals surface area contributed by atoms with Gasteiger partial charge in [-0.05, 0) is 97.5 Å². The molecule has 4 aliphatic carbocycles. The number of aliphatic hydroxyl groups excluding tert-OH is 1. The molecular weight excluding hydrogens is 363 g/mol. The van der Waals surface area contributed by atoms with Gasteiger partial charge < -0.3 is 5.11 Å². The van der Waals surface area contributed by atoms with E-state index in [2.05, 4.69) is 19.9 Å². The van der Waals surface area contributed by atoms with E-state index in [0.717, 1.165) is 56.1 Å². The van der Waals surface area contributed by atoms with E-state index in [0.29, 0.717) is 17.8 Å². The Morgan fingerprint density at radius 1 is 1.10 bits per heavy atom. The number of hydrogen-bond acceptors (Lipinski definition) is 2. The predicted octanol–water partition coefficient (Wildman–Crippen LogP) is 5.71. The molecule has 2 nitrogen and oxygen atoms in total. The number of aliphatic hydroxyl groups is 1. The molecule has 0 bridgehead atoms. The second kappa shape index (κ2) is 6.63. The van der Waals surface area contributed by atoms with Crippen LogP contribution in [0.1, 0.15) is 64.4 Å². The summed E-state index contributed by atoms with van der Waals surface area (Å²) < 4.78 is 13.6. The summed E-state index contributed by atoms with van der Waals surface area (Å²) in [6, 6.07) is 6.54. The fraction of sp³-hybridized carbons (Fsp3) is 0.577. The Balaban J connectivity index is 1.48. The quantitative estimate of drug-likeness (QED) is 0.489. The summed E-state index contributed by atoms with van der Waals surface area (Å²) in [5.41, 5.74) is 3.02. The Morgan fingerprint density at radius 2 is 1.90 bits per heavy atom. The average Bonchev–Trinajstić information content (AvgIpc) is 2.93. The summed E-state index contributed by atoms with van der Waals surface area (Å²) in [6.07, 6.45) is 10.8. The summed E-state index contributed by atoms with van der Waals surface area (Å²) >= 11 is 0. The second-order valence-corrected chi connectivity index (χ2v) is 10.4. The first-order valence-corrected chi connectivity index (χ1v) is 11.2. The van der Waals surface area contributed by atoms with Crippen LogP contribution in [0.5, 0.6) is 0 Å². The monoisotopic (exact) mass is 394 g/mol. The van der Waals surface area contributed by atoms with Gasteiger partial charge >= 0.3 is 0 Å². The molecule has 0 radical (unpaired) electrons. The number of halogens is 1. The molecule has 0 saturated heterocycles. The molecule has 0 aromatic heterocycles. The van der Waals surface area contributed by atoms with Crippen LogP contribution in [0.4, 0.5) is 4.39 Å². The number of rotatable bonds is 1. The molecule has 154 valence electrons. The number of carbonyl (C=O) groups is 1. The molecule has 5 rings (SSSR count). The van der Waals surface area contributed by atoms with E-state index in [9.17, 15) is 14.3 Å². The first-order chi connectivity index (χ1) is 13.8. The molecule has 3 heteroatoms. The maximum absolute atomic E-state index is 13.6. The lowest BCUT2D eigenvalue weighted by molar-refractivity contribution is -0.130.